The second kappa shape index (κ2) is 5.53. The molecule has 0 aliphatic heterocycles. The van der Waals surface area contributed by atoms with Crippen LogP contribution in [-0.2, 0) is 5.60 Å². The summed E-state index contributed by atoms with van der Waals surface area (Å²) in [5, 5.41) is 11.2. The van der Waals surface area contributed by atoms with Crippen molar-refractivity contribution in [2.75, 3.05) is 7.11 Å². The van der Waals surface area contributed by atoms with E-state index in [1.807, 2.05) is 46.8 Å². The number of aryl methyl sites for hydroxylation is 4. The summed E-state index contributed by atoms with van der Waals surface area (Å²) in [6.07, 6.45) is 0. The van der Waals surface area contributed by atoms with Crippen LogP contribution in [0.15, 0.2) is 30.3 Å². The van der Waals surface area contributed by atoms with Crippen molar-refractivity contribution in [1.82, 2.24) is 0 Å². The molecule has 112 valence electrons. The summed E-state index contributed by atoms with van der Waals surface area (Å²) in [5.74, 6) is 0.855. The number of aliphatic hydroxyl groups is 1. The molecule has 0 aliphatic rings. The molecular formula is C19H24O2. The van der Waals surface area contributed by atoms with Gasteiger partial charge in [0.2, 0.25) is 0 Å². The lowest BCUT2D eigenvalue weighted by Gasteiger charge is -2.29. The number of hydrogen-bond donors (Lipinski definition) is 1. The standard InChI is InChI=1S/C19H24O2/c1-12-7-8-13(2)16(9-12)19(5,20)17-10-15(4)18(21-6)11-14(17)3/h7-11,20H,1-6H3. The normalized spacial score (nSPS) is 13.9. The minimum Gasteiger partial charge on any atom is -0.496 e. The Balaban J connectivity index is 2.63. The summed E-state index contributed by atoms with van der Waals surface area (Å²) in [4.78, 5) is 0. The Morgan fingerprint density at radius 2 is 1.48 bits per heavy atom. The minimum atomic E-state index is -1.02. The highest BCUT2D eigenvalue weighted by Crippen LogP contribution is 2.36. The molecule has 0 heterocycles. The monoisotopic (exact) mass is 284 g/mol. The Bertz CT molecular complexity index is 670. The first-order chi connectivity index (χ1) is 9.77. The highest BCUT2D eigenvalue weighted by molar-refractivity contribution is 5.49. The van der Waals surface area contributed by atoms with Gasteiger partial charge < -0.3 is 9.84 Å². The van der Waals surface area contributed by atoms with Crippen LogP contribution in [0.1, 0.15) is 40.3 Å². The molecule has 21 heavy (non-hydrogen) atoms. The number of hydrogen-bond acceptors (Lipinski definition) is 2. The first-order valence-electron chi connectivity index (χ1n) is 7.23. The summed E-state index contributed by atoms with van der Waals surface area (Å²) in [6.45, 7) is 9.96. The molecule has 0 aromatic heterocycles. The molecular weight excluding hydrogens is 260 g/mol. The molecule has 0 aliphatic carbocycles. The van der Waals surface area contributed by atoms with E-state index in [0.29, 0.717) is 0 Å². The van der Waals surface area contributed by atoms with E-state index in [9.17, 15) is 5.11 Å². The highest BCUT2D eigenvalue weighted by Gasteiger charge is 2.29. The topological polar surface area (TPSA) is 29.5 Å². The van der Waals surface area contributed by atoms with Crippen molar-refractivity contribution in [3.63, 3.8) is 0 Å². The number of ether oxygens (including phenoxy) is 1. The predicted molar refractivity (Wildman–Crippen MR) is 87.1 cm³/mol. The second-order valence-electron chi connectivity index (χ2n) is 6.03. The number of methoxy groups -OCH3 is 1. The summed E-state index contributed by atoms with van der Waals surface area (Å²) in [7, 11) is 1.67. The van der Waals surface area contributed by atoms with Crippen LogP contribution in [-0.4, -0.2) is 12.2 Å². The van der Waals surface area contributed by atoms with Gasteiger partial charge in [-0.05, 0) is 74.6 Å². The average molecular weight is 284 g/mol. The van der Waals surface area contributed by atoms with Crippen LogP contribution in [0.2, 0.25) is 0 Å². The predicted octanol–water partition coefficient (Wildman–Crippen LogP) is 4.18. The summed E-state index contributed by atoms with van der Waals surface area (Å²) in [6, 6.07) is 10.2. The largest absolute Gasteiger partial charge is 0.496 e. The van der Waals surface area contributed by atoms with Crippen LogP contribution >= 0.6 is 0 Å². The smallest absolute Gasteiger partial charge is 0.122 e. The van der Waals surface area contributed by atoms with E-state index in [1.54, 1.807) is 7.11 Å². The summed E-state index contributed by atoms with van der Waals surface area (Å²) >= 11 is 0. The fourth-order valence-electron chi connectivity index (χ4n) is 2.94. The summed E-state index contributed by atoms with van der Waals surface area (Å²) in [5.41, 5.74) is 5.17. The van der Waals surface area contributed by atoms with E-state index in [2.05, 4.69) is 18.2 Å². The van der Waals surface area contributed by atoms with E-state index >= 15 is 0 Å². The van der Waals surface area contributed by atoms with Crippen LogP contribution in [0.3, 0.4) is 0 Å². The summed E-state index contributed by atoms with van der Waals surface area (Å²) < 4.78 is 5.36. The minimum absolute atomic E-state index is 0.855. The fraction of sp³-hybridized carbons (Fsp3) is 0.368. The lowest BCUT2D eigenvalue weighted by Crippen LogP contribution is -2.25. The number of rotatable bonds is 3. The lowest BCUT2D eigenvalue weighted by molar-refractivity contribution is 0.101. The van der Waals surface area contributed by atoms with Gasteiger partial charge in [0, 0.05) is 0 Å². The molecule has 0 radical (unpaired) electrons. The van der Waals surface area contributed by atoms with Crippen LogP contribution in [0, 0.1) is 27.7 Å². The second-order valence-corrected chi connectivity index (χ2v) is 6.03. The molecule has 0 amide bonds. The van der Waals surface area contributed by atoms with Gasteiger partial charge in [-0.1, -0.05) is 23.8 Å². The van der Waals surface area contributed by atoms with Gasteiger partial charge in [0.1, 0.15) is 11.4 Å². The van der Waals surface area contributed by atoms with Gasteiger partial charge in [-0.3, -0.25) is 0 Å². The fourth-order valence-corrected chi connectivity index (χ4v) is 2.94. The molecule has 0 spiro atoms. The molecule has 0 bridgehead atoms. The third-order valence-electron chi connectivity index (χ3n) is 4.18. The molecule has 1 atom stereocenters. The van der Waals surface area contributed by atoms with Crippen LogP contribution in [0.5, 0.6) is 5.75 Å². The van der Waals surface area contributed by atoms with Gasteiger partial charge in [0.25, 0.3) is 0 Å². The SMILES string of the molecule is COc1cc(C)c(C(C)(O)c2cc(C)ccc2C)cc1C. The van der Waals surface area contributed by atoms with E-state index in [-0.39, 0.29) is 0 Å². The molecule has 2 aromatic carbocycles. The van der Waals surface area contributed by atoms with E-state index in [1.165, 1.54) is 0 Å². The molecule has 2 aromatic rings. The molecule has 2 rings (SSSR count). The van der Waals surface area contributed by atoms with Crippen molar-refractivity contribution < 1.29 is 9.84 Å². The molecule has 0 fully saturated rings. The van der Waals surface area contributed by atoms with Gasteiger partial charge >= 0.3 is 0 Å². The Labute approximate surface area is 127 Å². The van der Waals surface area contributed by atoms with Gasteiger partial charge in [-0.2, -0.15) is 0 Å². The zero-order valence-electron chi connectivity index (χ0n) is 13.7. The Morgan fingerprint density at radius 3 is 2.10 bits per heavy atom. The Hall–Kier alpha value is -1.80. The van der Waals surface area contributed by atoms with Crippen molar-refractivity contribution >= 4 is 0 Å². The van der Waals surface area contributed by atoms with Crippen molar-refractivity contribution in [2.24, 2.45) is 0 Å². The molecule has 0 saturated carbocycles. The zero-order chi connectivity index (χ0) is 15.8. The van der Waals surface area contributed by atoms with Crippen molar-refractivity contribution in [1.29, 1.82) is 0 Å². The lowest BCUT2D eigenvalue weighted by atomic mass is 9.82. The van der Waals surface area contributed by atoms with Gasteiger partial charge in [0.05, 0.1) is 7.11 Å². The third-order valence-corrected chi connectivity index (χ3v) is 4.18. The van der Waals surface area contributed by atoms with Gasteiger partial charge in [0.15, 0.2) is 0 Å². The molecule has 1 N–H and O–H groups in total. The van der Waals surface area contributed by atoms with E-state index < -0.39 is 5.60 Å². The highest BCUT2D eigenvalue weighted by atomic mass is 16.5. The van der Waals surface area contributed by atoms with Crippen molar-refractivity contribution in [3.8, 4) is 5.75 Å². The maximum atomic E-state index is 11.2. The van der Waals surface area contributed by atoms with Crippen LogP contribution in [0.25, 0.3) is 0 Å². The first kappa shape index (κ1) is 15.6. The van der Waals surface area contributed by atoms with Crippen LogP contribution < -0.4 is 4.74 Å². The zero-order valence-corrected chi connectivity index (χ0v) is 13.7. The molecule has 2 heteroatoms. The Kier molecular flexibility index (Phi) is 4.11. The third kappa shape index (κ3) is 2.81. The van der Waals surface area contributed by atoms with Crippen molar-refractivity contribution in [2.45, 2.75) is 40.2 Å². The van der Waals surface area contributed by atoms with E-state index in [4.69, 9.17) is 4.74 Å². The maximum absolute atomic E-state index is 11.2. The molecule has 0 saturated heterocycles. The quantitative estimate of drug-likeness (QED) is 0.916. The molecule has 2 nitrogen and oxygen atoms in total. The maximum Gasteiger partial charge on any atom is 0.122 e. The Morgan fingerprint density at radius 1 is 0.857 bits per heavy atom. The van der Waals surface area contributed by atoms with Crippen LogP contribution in [0.4, 0.5) is 0 Å². The van der Waals surface area contributed by atoms with E-state index in [0.717, 1.165) is 39.1 Å². The number of benzene rings is 2. The first-order valence-corrected chi connectivity index (χ1v) is 7.23. The average Bonchev–Trinajstić information content (AvgIpc) is 2.43. The van der Waals surface area contributed by atoms with Gasteiger partial charge in [-0.15, -0.1) is 0 Å². The molecule has 1 unspecified atom stereocenters. The van der Waals surface area contributed by atoms with Gasteiger partial charge in [-0.25, -0.2) is 0 Å². The van der Waals surface area contributed by atoms with Crippen molar-refractivity contribution in [3.05, 3.63) is 63.7 Å².